The van der Waals surface area contributed by atoms with Crippen molar-refractivity contribution < 1.29 is 9.90 Å². The number of aryl methyl sites for hydroxylation is 2. The summed E-state index contributed by atoms with van der Waals surface area (Å²) in [7, 11) is 1.93. The van der Waals surface area contributed by atoms with Gasteiger partial charge in [-0.3, -0.25) is 18.9 Å². The molecule has 0 atom stereocenters. The van der Waals surface area contributed by atoms with Gasteiger partial charge in [0.05, 0.1) is 39.6 Å². The third kappa shape index (κ3) is 4.71. The van der Waals surface area contributed by atoms with Gasteiger partial charge < -0.3 is 15.0 Å². The Morgan fingerprint density at radius 1 is 1.05 bits per heavy atom. The monoisotopic (exact) mass is 557 g/mol. The van der Waals surface area contributed by atoms with Crippen molar-refractivity contribution in [1.82, 2.24) is 24.0 Å². The Morgan fingerprint density at radius 2 is 1.80 bits per heavy atom. The molecule has 1 amide bonds. The quantitative estimate of drug-likeness (QED) is 0.303. The lowest BCUT2D eigenvalue weighted by Crippen LogP contribution is -2.39. The molecule has 0 saturated heterocycles. The molecule has 0 bridgehead atoms. The van der Waals surface area contributed by atoms with Crippen molar-refractivity contribution in [3.05, 3.63) is 93.3 Å². The molecule has 3 heterocycles. The number of hydrogen-bond acceptors (Lipinski definition) is 4. The van der Waals surface area contributed by atoms with Gasteiger partial charge in [0, 0.05) is 42.4 Å². The van der Waals surface area contributed by atoms with Crippen LogP contribution >= 0.6 is 11.6 Å². The molecule has 40 heavy (non-hydrogen) atoms. The van der Waals surface area contributed by atoms with Gasteiger partial charge in [-0.05, 0) is 81.0 Å². The number of aromatic nitrogens is 4. The van der Waals surface area contributed by atoms with Crippen LogP contribution in [-0.2, 0) is 20.2 Å². The van der Waals surface area contributed by atoms with Crippen LogP contribution in [-0.4, -0.2) is 35.7 Å². The van der Waals surface area contributed by atoms with Crippen molar-refractivity contribution in [2.24, 2.45) is 13.0 Å². The summed E-state index contributed by atoms with van der Waals surface area (Å²) in [6, 6.07) is 17.6. The number of hydrogen-bond donors (Lipinski definition) is 2. The van der Waals surface area contributed by atoms with E-state index in [2.05, 4.69) is 10.3 Å². The Kier molecular flexibility index (Phi) is 6.98. The topological polar surface area (TPSA) is 94.1 Å². The number of nitrogens with zero attached hydrogens (tertiary/aromatic N) is 4. The predicted octanol–water partition coefficient (Wildman–Crippen LogP) is 5.12. The molecule has 2 N–H and O–H groups in total. The zero-order chi connectivity index (χ0) is 28.0. The molecular formula is C31H32ClN5O3. The molecular weight excluding hydrogens is 526 g/mol. The Bertz CT molecular complexity index is 1790. The second kappa shape index (κ2) is 10.6. The summed E-state index contributed by atoms with van der Waals surface area (Å²) in [5.41, 5.74) is 5.54. The van der Waals surface area contributed by atoms with Crippen LogP contribution in [0.3, 0.4) is 0 Å². The molecule has 8 nitrogen and oxygen atoms in total. The maximum absolute atomic E-state index is 13.9. The number of amides is 1. The number of pyridine rings is 1. The van der Waals surface area contributed by atoms with Crippen molar-refractivity contribution in [1.29, 1.82) is 0 Å². The summed E-state index contributed by atoms with van der Waals surface area (Å²) in [6.45, 7) is 2.40. The fourth-order valence-corrected chi connectivity index (χ4v) is 6.23. The minimum Gasteiger partial charge on any atom is -0.390 e. The molecule has 206 valence electrons. The van der Waals surface area contributed by atoms with Gasteiger partial charge in [0.2, 0.25) is 0 Å². The van der Waals surface area contributed by atoms with Gasteiger partial charge in [-0.15, -0.1) is 0 Å². The number of carbonyl (C=O) groups is 1. The highest BCUT2D eigenvalue weighted by Crippen LogP contribution is 2.29. The van der Waals surface area contributed by atoms with Crippen molar-refractivity contribution in [3.8, 4) is 5.69 Å². The number of halogens is 1. The highest BCUT2D eigenvalue weighted by atomic mass is 35.5. The molecule has 3 aromatic heterocycles. The largest absolute Gasteiger partial charge is 0.390 e. The maximum atomic E-state index is 13.9. The number of para-hydroxylation sites is 2. The van der Waals surface area contributed by atoms with E-state index >= 15 is 0 Å². The molecule has 0 radical (unpaired) electrons. The van der Waals surface area contributed by atoms with E-state index in [1.54, 1.807) is 23.8 Å². The van der Waals surface area contributed by atoms with Crippen LogP contribution in [0.25, 0.3) is 27.6 Å². The van der Waals surface area contributed by atoms with Gasteiger partial charge in [0.25, 0.3) is 5.91 Å². The third-order valence-electron chi connectivity index (χ3n) is 8.30. The maximum Gasteiger partial charge on any atom is 0.333 e. The number of rotatable bonds is 6. The van der Waals surface area contributed by atoms with Gasteiger partial charge in [-0.1, -0.05) is 23.7 Å². The summed E-state index contributed by atoms with van der Waals surface area (Å²) in [4.78, 5) is 30.9. The van der Waals surface area contributed by atoms with Crippen molar-refractivity contribution in [2.75, 3.05) is 0 Å². The standard InChI is InChI=1S/C31H32ClN5O3/c1-19-26(15-22(32)16-33-19)30(39)34-23-9-7-20(8-10-23)17-36-28-5-3-4-6-29(28)37(31(36)40)24-11-12-27-21(13-24)14-25(18-38)35(27)2/h3-6,11-16,20,23,38H,7-10,17-18H2,1-2H3,(H,34,39)/t20-,23-. The van der Waals surface area contributed by atoms with Crippen LogP contribution in [0.5, 0.6) is 0 Å². The average Bonchev–Trinajstić information content (AvgIpc) is 3.43. The fraction of sp³-hybridized carbons (Fsp3) is 0.323. The third-order valence-corrected chi connectivity index (χ3v) is 8.51. The first kappa shape index (κ1) is 26.3. The van der Waals surface area contributed by atoms with E-state index in [1.807, 2.05) is 64.7 Å². The fourth-order valence-electron chi connectivity index (χ4n) is 6.07. The van der Waals surface area contributed by atoms with Crippen LogP contribution in [0.15, 0.2) is 65.6 Å². The molecule has 2 aromatic carbocycles. The summed E-state index contributed by atoms with van der Waals surface area (Å²) in [5, 5.41) is 14.3. The molecule has 1 fully saturated rings. The van der Waals surface area contributed by atoms with Crippen LogP contribution in [0.1, 0.15) is 47.4 Å². The van der Waals surface area contributed by atoms with E-state index in [-0.39, 0.29) is 24.2 Å². The summed E-state index contributed by atoms with van der Waals surface area (Å²) in [5.74, 6) is 0.195. The highest BCUT2D eigenvalue weighted by Gasteiger charge is 2.26. The molecule has 1 aliphatic rings. The van der Waals surface area contributed by atoms with Gasteiger partial charge >= 0.3 is 5.69 Å². The normalized spacial score (nSPS) is 17.5. The van der Waals surface area contributed by atoms with Crippen LogP contribution in [0.2, 0.25) is 5.02 Å². The highest BCUT2D eigenvalue weighted by molar-refractivity contribution is 6.30. The minimum atomic E-state index is -0.142. The van der Waals surface area contributed by atoms with Crippen LogP contribution in [0.4, 0.5) is 0 Å². The van der Waals surface area contributed by atoms with Gasteiger partial charge in [-0.2, -0.15) is 0 Å². The van der Waals surface area contributed by atoms with Crippen molar-refractivity contribution in [3.63, 3.8) is 0 Å². The van der Waals surface area contributed by atoms with E-state index in [4.69, 9.17) is 11.6 Å². The second-order valence-electron chi connectivity index (χ2n) is 10.8. The van der Waals surface area contributed by atoms with E-state index in [0.717, 1.165) is 59.0 Å². The van der Waals surface area contributed by atoms with Crippen molar-refractivity contribution in [2.45, 2.75) is 51.8 Å². The minimum absolute atomic E-state index is 0.0385. The molecule has 1 aliphatic carbocycles. The van der Waals surface area contributed by atoms with Gasteiger partial charge in [-0.25, -0.2) is 4.79 Å². The zero-order valence-electron chi connectivity index (χ0n) is 22.6. The number of imidazole rings is 1. The van der Waals surface area contributed by atoms with Crippen LogP contribution in [0, 0.1) is 12.8 Å². The zero-order valence-corrected chi connectivity index (χ0v) is 23.4. The first-order valence-electron chi connectivity index (χ1n) is 13.7. The Labute approximate surface area is 236 Å². The molecule has 0 aliphatic heterocycles. The lowest BCUT2D eigenvalue weighted by atomic mass is 9.85. The SMILES string of the molecule is Cc1ncc(Cl)cc1C(=O)N[C@H]1CC[C@H](Cn2c(=O)n(-c3ccc4c(c3)cc(CO)n4C)c3ccccc32)CC1. The molecule has 0 spiro atoms. The number of fused-ring (bicyclic) bond motifs is 2. The predicted molar refractivity (Wildman–Crippen MR) is 157 cm³/mol. The Hall–Kier alpha value is -3.88. The van der Waals surface area contributed by atoms with Gasteiger partial charge in [0.15, 0.2) is 0 Å². The summed E-state index contributed by atoms with van der Waals surface area (Å²) >= 11 is 6.05. The number of aliphatic hydroxyl groups is 1. The number of aliphatic hydroxyl groups excluding tert-OH is 1. The van der Waals surface area contributed by atoms with Crippen molar-refractivity contribution >= 4 is 39.4 Å². The average molecular weight is 558 g/mol. The first-order valence-corrected chi connectivity index (χ1v) is 14.0. The number of nitrogens with one attached hydrogen (secondary N) is 1. The van der Waals surface area contributed by atoms with E-state index in [0.29, 0.717) is 28.7 Å². The first-order chi connectivity index (χ1) is 19.3. The Morgan fingerprint density at radius 3 is 2.55 bits per heavy atom. The van der Waals surface area contributed by atoms with Crippen LogP contribution < -0.4 is 11.0 Å². The number of carbonyl (C=O) groups excluding carboxylic acids is 1. The number of benzene rings is 2. The molecule has 5 aromatic rings. The molecule has 6 rings (SSSR count). The van der Waals surface area contributed by atoms with Gasteiger partial charge in [0.1, 0.15) is 0 Å². The second-order valence-corrected chi connectivity index (χ2v) is 11.2. The smallest absolute Gasteiger partial charge is 0.333 e. The summed E-state index contributed by atoms with van der Waals surface area (Å²) < 4.78 is 5.65. The summed E-state index contributed by atoms with van der Waals surface area (Å²) in [6.07, 6.45) is 5.10. The van der Waals surface area contributed by atoms with E-state index < -0.39 is 0 Å². The van der Waals surface area contributed by atoms with E-state index in [9.17, 15) is 14.7 Å². The lowest BCUT2D eigenvalue weighted by Gasteiger charge is -2.29. The molecule has 0 unspecified atom stereocenters. The Balaban J connectivity index is 1.22. The molecule has 9 heteroatoms. The van der Waals surface area contributed by atoms with E-state index in [1.165, 1.54) is 0 Å². The molecule has 1 saturated carbocycles. The lowest BCUT2D eigenvalue weighted by molar-refractivity contribution is 0.0919.